The molecule has 0 unspecified atom stereocenters. The number of nitrogens with one attached hydrogen (secondary N) is 1. The first kappa shape index (κ1) is 13.0. The lowest BCUT2D eigenvalue weighted by Gasteiger charge is -2.11. The largest absolute Gasteiger partial charge is 0.467 e. The second kappa shape index (κ2) is 5.06. The molecule has 0 amide bonds. The fourth-order valence-corrected chi connectivity index (χ4v) is 1.60. The van der Waals surface area contributed by atoms with E-state index in [1.54, 1.807) is 18.2 Å². The first-order valence-electron chi connectivity index (χ1n) is 5.38. The van der Waals surface area contributed by atoms with E-state index >= 15 is 0 Å². The first-order valence-corrected chi connectivity index (χ1v) is 5.38. The summed E-state index contributed by atoms with van der Waals surface area (Å²) in [7, 11) is 0. The highest BCUT2D eigenvalue weighted by Gasteiger charge is 2.33. The van der Waals surface area contributed by atoms with Gasteiger partial charge in [-0.05, 0) is 30.3 Å². The molecule has 0 atom stereocenters. The molecule has 1 aromatic carbocycles. The van der Waals surface area contributed by atoms with Crippen LogP contribution in [0.4, 0.5) is 18.9 Å². The van der Waals surface area contributed by atoms with Gasteiger partial charge in [0.05, 0.1) is 30.0 Å². The molecule has 0 fully saturated rings. The molecule has 2 aromatic rings. The second-order valence-corrected chi connectivity index (χ2v) is 3.80. The zero-order valence-corrected chi connectivity index (χ0v) is 9.66. The molecule has 0 bridgehead atoms. The molecule has 0 radical (unpaired) electrons. The van der Waals surface area contributed by atoms with Gasteiger partial charge in [0.1, 0.15) is 5.76 Å². The Bertz CT molecular complexity index is 597. The molecule has 0 aliphatic rings. The van der Waals surface area contributed by atoms with Crippen molar-refractivity contribution in [3.05, 3.63) is 53.5 Å². The van der Waals surface area contributed by atoms with E-state index in [0.29, 0.717) is 18.0 Å². The molecule has 1 N–H and O–H groups in total. The van der Waals surface area contributed by atoms with E-state index in [9.17, 15) is 13.2 Å². The predicted molar refractivity (Wildman–Crippen MR) is 62.2 cm³/mol. The second-order valence-electron chi connectivity index (χ2n) is 3.80. The van der Waals surface area contributed by atoms with Gasteiger partial charge in [-0.3, -0.25) is 0 Å². The molecule has 0 spiro atoms. The summed E-state index contributed by atoms with van der Waals surface area (Å²) in [5.41, 5.74) is -0.906. The zero-order valence-electron chi connectivity index (χ0n) is 9.66. The summed E-state index contributed by atoms with van der Waals surface area (Å²) in [6, 6.07) is 8.35. The summed E-state index contributed by atoms with van der Waals surface area (Å²) in [5, 5.41) is 11.7. The SMILES string of the molecule is N#Cc1cc(NCc2ccco2)ccc1C(F)(F)F. The van der Waals surface area contributed by atoms with Gasteiger partial charge in [0.25, 0.3) is 0 Å². The molecule has 0 saturated heterocycles. The summed E-state index contributed by atoms with van der Waals surface area (Å²) < 4.78 is 42.9. The van der Waals surface area contributed by atoms with E-state index in [2.05, 4.69) is 5.32 Å². The number of halogens is 3. The van der Waals surface area contributed by atoms with Crippen molar-refractivity contribution < 1.29 is 17.6 Å². The fraction of sp³-hybridized carbons (Fsp3) is 0.154. The van der Waals surface area contributed by atoms with Gasteiger partial charge < -0.3 is 9.73 Å². The molecule has 0 saturated carbocycles. The maximum Gasteiger partial charge on any atom is 0.417 e. The number of anilines is 1. The van der Waals surface area contributed by atoms with E-state index in [1.165, 1.54) is 18.4 Å². The van der Waals surface area contributed by atoms with Crippen molar-refractivity contribution in [1.82, 2.24) is 0 Å². The quantitative estimate of drug-likeness (QED) is 0.919. The minimum absolute atomic E-state index is 0.337. The minimum Gasteiger partial charge on any atom is -0.467 e. The van der Waals surface area contributed by atoms with Gasteiger partial charge in [-0.1, -0.05) is 0 Å². The number of hydrogen-bond acceptors (Lipinski definition) is 3. The summed E-state index contributed by atoms with van der Waals surface area (Å²) in [5.74, 6) is 0.651. The average Bonchev–Trinajstić information content (AvgIpc) is 2.88. The monoisotopic (exact) mass is 266 g/mol. The minimum atomic E-state index is -4.52. The molecule has 98 valence electrons. The molecule has 0 aliphatic carbocycles. The highest BCUT2D eigenvalue weighted by Crippen LogP contribution is 2.33. The smallest absolute Gasteiger partial charge is 0.417 e. The van der Waals surface area contributed by atoms with Crippen LogP contribution in [0.1, 0.15) is 16.9 Å². The Morgan fingerprint density at radius 1 is 1.26 bits per heavy atom. The van der Waals surface area contributed by atoms with Gasteiger partial charge in [0.2, 0.25) is 0 Å². The van der Waals surface area contributed by atoms with Crippen LogP contribution in [0.2, 0.25) is 0 Å². The van der Waals surface area contributed by atoms with Crippen LogP contribution in [0, 0.1) is 11.3 Å². The Morgan fingerprint density at radius 3 is 2.63 bits per heavy atom. The molecular formula is C13H9F3N2O. The highest BCUT2D eigenvalue weighted by atomic mass is 19.4. The van der Waals surface area contributed by atoms with Crippen LogP contribution >= 0.6 is 0 Å². The van der Waals surface area contributed by atoms with E-state index < -0.39 is 17.3 Å². The molecule has 0 aliphatic heterocycles. The Kier molecular flexibility index (Phi) is 3.47. The lowest BCUT2D eigenvalue weighted by atomic mass is 10.1. The van der Waals surface area contributed by atoms with E-state index in [-0.39, 0.29) is 0 Å². The number of benzene rings is 1. The van der Waals surface area contributed by atoms with Crippen LogP contribution in [0.3, 0.4) is 0 Å². The molecule has 3 nitrogen and oxygen atoms in total. The third-order valence-corrected chi connectivity index (χ3v) is 2.49. The lowest BCUT2D eigenvalue weighted by molar-refractivity contribution is -0.137. The highest BCUT2D eigenvalue weighted by molar-refractivity contribution is 5.53. The number of nitrogens with zero attached hydrogens (tertiary/aromatic N) is 1. The molecule has 1 heterocycles. The van der Waals surface area contributed by atoms with Crippen molar-refractivity contribution in [2.45, 2.75) is 12.7 Å². The van der Waals surface area contributed by atoms with E-state index in [4.69, 9.17) is 9.68 Å². The third-order valence-electron chi connectivity index (χ3n) is 2.49. The third kappa shape index (κ3) is 3.07. The summed E-state index contributed by atoms with van der Waals surface area (Å²) in [6.45, 7) is 0.337. The number of hydrogen-bond donors (Lipinski definition) is 1. The van der Waals surface area contributed by atoms with Crippen LogP contribution in [-0.2, 0) is 12.7 Å². The zero-order chi connectivity index (χ0) is 13.9. The molecule has 2 rings (SSSR count). The van der Waals surface area contributed by atoms with Crippen molar-refractivity contribution in [2.75, 3.05) is 5.32 Å². The Labute approximate surface area is 107 Å². The standard InChI is InChI=1S/C13H9F3N2O/c14-13(15,16)12-4-3-10(6-9(12)7-17)18-8-11-2-1-5-19-11/h1-6,18H,8H2. The summed E-state index contributed by atoms with van der Waals surface area (Å²) in [6.07, 6.45) is -3.02. The number of furan rings is 1. The van der Waals surface area contributed by atoms with Crippen LogP contribution in [-0.4, -0.2) is 0 Å². The first-order chi connectivity index (χ1) is 9.00. The Balaban J connectivity index is 2.18. The predicted octanol–water partition coefficient (Wildman–Crippen LogP) is 3.78. The van der Waals surface area contributed by atoms with Crippen LogP contribution in [0.25, 0.3) is 0 Å². The van der Waals surface area contributed by atoms with E-state index in [0.717, 1.165) is 6.07 Å². The van der Waals surface area contributed by atoms with Gasteiger partial charge in [-0.15, -0.1) is 0 Å². The van der Waals surface area contributed by atoms with Crippen molar-refractivity contribution in [3.8, 4) is 6.07 Å². The molecule has 6 heteroatoms. The molecular weight excluding hydrogens is 257 g/mol. The maximum atomic E-state index is 12.6. The number of rotatable bonds is 3. The van der Waals surface area contributed by atoms with Gasteiger partial charge in [-0.2, -0.15) is 18.4 Å². The Hall–Kier alpha value is -2.42. The van der Waals surface area contributed by atoms with Gasteiger partial charge in [-0.25, -0.2) is 0 Å². The fourth-order valence-electron chi connectivity index (χ4n) is 1.60. The Morgan fingerprint density at radius 2 is 2.05 bits per heavy atom. The maximum absolute atomic E-state index is 12.6. The molecule has 1 aromatic heterocycles. The number of alkyl halides is 3. The van der Waals surface area contributed by atoms with Crippen molar-refractivity contribution in [1.29, 1.82) is 5.26 Å². The van der Waals surface area contributed by atoms with Crippen LogP contribution in [0.5, 0.6) is 0 Å². The van der Waals surface area contributed by atoms with Gasteiger partial charge in [0.15, 0.2) is 0 Å². The van der Waals surface area contributed by atoms with Crippen molar-refractivity contribution >= 4 is 5.69 Å². The van der Waals surface area contributed by atoms with Gasteiger partial charge in [0, 0.05) is 5.69 Å². The topological polar surface area (TPSA) is 49.0 Å². The normalized spacial score (nSPS) is 11.1. The average molecular weight is 266 g/mol. The van der Waals surface area contributed by atoms with Crippen LogP contribution < -0.4 is 5.32 Å². The lowest BCUT2D eigenvalue weighted by Crippen LogP contribution is -2.08. The summed E-state index contributed by atoms with van der Waals surface area (Å²) >= 11 is 0. The van der Waals surface area contributed by atoms with E-state index in [1.807, 2.05) is 0 Å². The summed E-state index contributed by atoms with van der Waals surface area (Å²) in [4.78, 5) is 0. The van der Waals surface area contributed by atoms with Crippen LogP contribution in [0.15, 0.2) is 41.0 Å². The van der Waals surface area contributed by atoms with Crippen molar-refractivity contribution in [3.63, 3.8) is 0 Å². The number of nitriles is 1. The van der Waals surface area contributed by atoms with Crippen molar-refractivity contribution in [2.24, 2.45) is 0 Å². The van der Waals surface area contributed by atoms with Gasteiger partial charge >= 0.3 is 6.18 Å². The molecule has 19 heavy (non-hydrogen) atoms.